The van der Waals surface area contributed by atoms with Crippen LogP contribution in [0.2, 0.25) is 0 Å². The highest BCUT2D eigenvalue weighted by molar-refractivity contribution is 5.38. The van der Waals surface area contributed by atoms with Gasteiger partial charge in [-0.3, -0.25) is 0 Å². The van der Waals surface area contributed by atoms with Crippen molar-refractivity contribution in [3.8, 4) is 0 Å². The Bertz CT molecular complexity index is 664. The maximum atomic E-state index is 10.7. The molecule has 0 spiro atoms. The van der Waals surface area contributed by atoms with Crippen molar-refractivity contribution >= 4 is 5.82 Å². The molecule has 0 saturated heterocycles. The van der Waals surface area contributed by atoms with Crippen LogP contribution in [0.5, 0.6) is 0 Å². The summed E-state index contributed by atoms with van der Waals surface area (Å²) in [5.41, 5.74) is 0.525. The van der Waals surface area contributed by atoms with Crippen LogP contribution in [-0.4, -0.2) is 28.7 Å². The minimum Gasteiger partial charge on any atom is -0.384 e. The fourth-order valence-corrected chi connectivity index (χ4v) is 2.31. The Labute approximate surface area is 144 Å². The topological polar surface area (TPSA) is 67.3 Å². The van der Waals surface area contributed by atoms with Gasteiger partial charge >= 0.3 is 0 Å². The first-order valence-corrected chi connectivity index (χ1v) is 8.11. The number of hydrogen-bond acceptors (Lipinski definition) is 5. The first kappa shape index (κ1) is 18.4. The Balaban J connectivity index is 2.21. The van der Waals surface area contributed by atoms with E-state index in [4.69, 9.17) is 4.74 Å². The van der Waals surface area contributed by atoms with E-state index in [1.165, 1.54) is 0 Å². The highest BCUT2D eigenvalue weighted by Gasteiger charge is 2.24. The second-order valence-corrected chi connectivity index (χ2v) is 7.24. The standard InChI is InChI=1S/C19H27N3O2/c1-18(2,3)17-21-15(12-24-5)11-16(22-17)20-13-19(4,23)14-9-7-6-8-10-14/h6-11,23H,12-13H2,1-5H3,(H,20,21,22). The maximum Gasteiger partial charge on any atom is 0.136 e. The van der Waals surface area contributed by atoms with Crippen LogP contribution >= 0.6 is 0 Å². The maximum absolute atomic E-state index is 10.7. The minimum absolute atomic E-state index is 0.165. The van der Waals surface area contributed by atoms with Crippen LogP contribution in [0.4, 0.5) is 5.82 Å². The molecule has 0 amide bonds. The van der Waals surface area contributed by atoms with Crippen LogP contribution < -0.4 is 5.32 Å². The molecule has 1 aromatic carbocycles. The summed E-state index contributed by atoms with van der Waals surface area (Å²) in [5, 5.41) is 14.0. The van der Waals surface area contributed by atoms with E-state index in [0.29, 0.717) is 19.0 Å². The van der Waals surface area contributed by atoms with Gasteiger partial charge in [-0.05, 0) is 12.5 Å². The van der Waals surface area contributed by atoms with Gasteiger partial charge in [-0.25, -0.2) is 9.97 Å². The molecule has 2 rings (SSSR count). The lowest BCUT2D eigenvalue weighted by Gasteiger charge is -2.25. The second kappa shape index (κ2) is 7.28. The van der Waals surface area contributed by atoms with Crippen LogP contribution in [0.3, 0.4) is 0 Å². The fourth-order valence-electron chi connectivity index (χ4n) is 2.31. The van der Waals surface area contributed by atoms with Gasteiger partial charge in [0.05, 0.1) is 12.3 Å². The molecule has 5 heteroatoms. The van der Waals surface area contributed by atoms with E-state index in [9.17, 15) is 5.11 Å². The highest BCUT2D eigenvalue weighted by Crippen LogP contribution is 2.23. The van der Waals surface area contributed by atoms with Gasteiger partial charge < -0.3 is 15.2 Å². The van der Waals surface area contributed by atoms with Crippen molar-refractivity contribution in [3.05, 3.63) is 53.5 Å². The molecule has 0 aliphatic rings. The number of nitrogens with one attached hydrogen (secondary N) is 1. The normalized spacial score (nSPS) is 14.2. The summed E-state index contributed by atoms with van der Waals surface area (Å²) in [6.07, 6.45) is 0. The molecule has 1 heterocycles. The molecule has 2 aromatic rings. The van der Waals surface area contributed by atoms with Crippen molar-refractivity contribution in [1.82, 2.24) is 9.97 Å². The molecular weight excluding hydrogens is 302 g/mol. The average molecular weight is 329 g/mol. The summed E-state index contributed by atoms with van der Waals surface area (Å²) in [5.74, 6) is 1.44. The summed E-state index contributed by atoms with van der Waals surface area (Å²) in [7, 11) is 1.65. The Morgan fingerprint density at radius 1 is 1.08 bits per heavy atom. The minimum atomic E-state index is -0.991. The van der Waals surface area contributed by atoms with Crippen molar-refractivity contribution in [2.45, 2.75) is 45.3 Å². The van der Waals surface area contributed by atoms with Gasteiger partial charge in [-0.15, -0.1) is 0 Å². The molecule has 5 nitrogen and oxygen atoms in total. The Morgan fingerprint density at radius 3 is 2.33 bits per heavy atom. The third-order valence-electron chi connectivity index (χ3n) is 3.75. The molecule has 1 unspecified atom stereocenters. The van der Waals surface area contributed by atoms with Crippen LogP contribution in [0.1, 0.15) is 44.8 Å². The monoisotopic (exact) mass is 329 g/mol. The van der Waals surface area contributed by atoms with E-state index in [1.54, 1.807) is 14.0 Å². The lowest BCUT2D eigenvalue weighted by molar-refractivity contribution is 0.0714. The number of aliphatic hydroxyl groups is 1. The van der Waals surface area contributed by atoms with Crippen LogP contribution in [0, 0.1) is 0 Å². The molecule has 0 fully saturated rings. The molecule has 0 aliphatic heterocycles. The van der Waals surface area contributed by atoms with Gasteiger partial charge in [0.2, 0.25) is 0 Å². The van der Waals surface area contributed by atoms with Gasteiger partial charge in [0.1, 0.15) is 17.2 Å². The molecular formula is C19H27N3O2. The molecule has 0 saturated carbocycles. The number of nitrogens with zero attached hydrogens (tertiary/aromatic N) is 2. The van der Waals surface area contributed by atoms with Gasteiger partial charge in [-0.1, -0.05) is 51.1 Å². The van der Waals surface area contributed by atoms with Crippen molar-refractivity contribution < 1.29 is 9.84 Å². The van der Waals surface area contributed by atoms with Crippen molar-refractivity contribution in [1.29, 1.82) is 0 Å². The van der Waals surface area contributed by atoms with E-state index in [-0.39, 0.29) is 5.41 Å². The van der Waals surface area contributed by atoms with Gasteiger partial charge in [-0.2, -0.15) is 0 Å². The predicted octanol–water partition coefficient (Wildman–Crippen LogP) is 3.24. The lowest BCUT2D eigenvalue weighted by atomic mass is 9.95. The first-order valence-electron chi connectivity index (χ1n) is 8.11. The number of benzene rings is 1. The third kappa shape index (κ3) is 4.76. The molecule has 1 aromatic heterocycles. The zero-order valence-corrected chi connectivity index (χ0v) is 15.1. The number of anilines is 1. The summed E-state index contributed by atoms with van der Waals surface area (Å²) in [6, 6.07) is 11.5. The predicted molar refractivity (Wildman–Crippen MR) is 95.9 cm³/mol. The number of aromatic nitrogens is 2. The van der Waals surface area contributed by atoms with Crippen molar-refractivity contribution in [3.63, 3.8) is 0 Å². The molecule has 0 radical (unpaired) electrons. The smallest absolute Gasteiger partial charge is 0.136 e. The Kier molecular flexibility index (Phi) is 5.57. The number of methoxy groups -OCH3 is 1. The molecule has 2 N–H and O–H groups in total. The van der Waals surface area contributed by atoms with Crippen LogP contribution in [0.25, 0.3) is 0 Å². The number of rotatable bonds is 6. The van der Waals surface area contributed by atoms with Crippen molar-refractivity contribution in [2.24, 2.45) is 0 Å². The van der Waals surface area contributed by atoms with Crippen molar-refractivity contribution in [2.75, 3.05) is 19.0 Å². The molecule has 0 aliphatic carbocycles. The Hall–Kier alpha value is -1.98. The second-order valence-electron chi connectivity index (χ2n) is 7.24. The van der Waals surface area contributed by atoms with Crippen LogP contribution in [-0.2, 0) is 22.4 Å². The Morgan fingerprint density at radius 2 is 1.75 bits per heavy atom. The first-order chi connectivity index (χ1) is 11.2. The van der Waals surface area contributed by atoms with Crippen LogP contribution in [0.15, 0.2) is 36.4 Å². The van der Waals surface area contributed by atoms with Gasteiger partial charge in [0.15, 0.2) is 0 Å². The SMILES string of the molecule is COCc1cc(NCC(C)(O)c2ccccc2)nc(C(C)(C)C)n1. The summed E-state index contributed by atoms with van der Waals surface area (Å²) < 4.78 is 5.20. The van der Waals surface area contributed by atoms with E-state index in [1.807, 2.05) is 36.4 Å². The van der Waals surface area contributed by atoms with E-state index < -0.39 is 5.60 Å². The average Bonchev–Trinajstić information content (AvgIpc) is 2.53. The molecule has 24 heavy (non-hydrogen) atoms. The quantitative estimate of drug-likeness (QED) is 0.851. The largest absolute Gasteiger partial charge is 0.384 e. The van der Waals surface area contributed by atoms with E-state index in [0.717, 1.165) is 17.1 Å². The molecule has 0 bridgehead atoms. The zero-order chi connectivity index (χ0) is 17.8. The van der Waals surface area contributed by atoms with E-state index >= 15 is 0 Å². The highest BCUT2D eigenvalue weighted by atomic mass is 16.5. The summed E-state index contributed by atoms with van der Waals surface area (Å²) in [4.78, 5) is 9.15. The summed E-state index contributed by atoms with van der Waals surface area (Å²) >= 11 is 0. The van der Waals surface area contributed by atoms with E-state index in [2.05, 4.69) is 36.1 Å². The molecule has 130 valence electrons. The number of hydrogen-bond donors (Lipinski definition) is 2. The fraction of sp³-hybridized carbons (Fsp3) is 0.474. The van der Waals surface area contributed by atoms with Gasteiger partial charge in [0.25, 0.3) is 0 Å². The number of ether oxygens (including phenoxy) is 1. The summed E-state index contributed by atoms with van der Waals surface area (Å²) in [6.45, 7) is 8.78. The van der Waals surface area contributed by atoms with Gasteiger partial charge in [0, 0.05) is 25.1 Å². The lowest BCUT2D eigenvalue weighted by Crippen LogP contribution is -2.31. The zero-order valence-electron chi connectivity index (χ0n) is 15.1. The molecule has 1 atom stereocenters. The third-order valence-corrected chi connectivity index (χ3v) is 3.75.